The first kappa shape index (κ1) is 17.9. The van der Waals surface area contributed by atoms with Crippen molar-refractivity contribution >= 4 is 11.9 Å². The van der Waals surface area contributed by atoms with Gasteiger partial charge in [0.2, 0.25) is 5.88 Å². The van der Waals surface area contributed by atoms with Crippen molar-refractivity contribution in [2.24, 2.45) is 0 Å². The zero-order chi connectivity index (χ0) is 17.9. The summed E-state index contributed by atoms with van der Waals surface area (Å²) in [5.41, 5.74) is -0.0974. The van der Waals surface area contributed by atoms with Gasteiger partial charge in [0.25, 0.3) is 0 Å². The van der Waals surface area contributed by atoms with Gasteiger partial charge in [0.15, 0.2) is 0 Å². The number of likely N-dealkylation sites (N-methyl/N-ethyl adjacent to an activating group) is 1. The first-order chi connectivity index (χ1) is 11.2. The third-order valence-corrected chi connectivity index (χ3v) is 3.88. The Hall–Kier alpha value is -2.49. The van der Waals surface area contributed by atoms with Crippen LogP contribution in [0.25, 0.3) is 0 Å². The van der Waals surface area contributed by atoms with Crippen LogP contribution in [0.5, 0.6) is 5.88 Å². The van der Waals surface area contributed by atoms with Crippen LogP contribution in [0.2, 0.25) is 0 Å². The number of methoxy groups -OCH3 is 1. The predicted molar refractivity (Wildman–Crippen MR) is 90.1 cm³/mol. The van der Waals surface area contributed by atoms with Gasteiger partial charge in [-0.2, -0.15) is 10.2 Å². The number of nitriles is 1. The van der Waals surface area contributed by atoms with Crippen molar-refractivity contribution in [2.45, 2.75) is 38.8 Å². The molecule has 0 aromatic carbocycles. The number of carbonyl (C=O) groups is 1. The second kappa shape index (κ2) is 6.95. The molecule has 0 bridgehead atoms. The molecular formula is C17H24N4O3. The lowest BCUT2D eigenvalue weighted by molar-refractivity contribution is 0.0292. The second-order valence-electron chi connectivity index (χ2n) is 6.82. The number of ether oxygens (including phenoxy) is 2. The van der Waals surface area contributed by atoms with E-state index in [-0.39, 0.29) is 12.1 Å². The molecule has 1 fully saturated rings. The topological polar surface area (TPSA) is 78.7 Å². The number of amides is 1. The molecular weight excluding hydrogens is 308 g/mol. The fourth-order valence-electron chi connectivity index (χ4n) is 2.61. The summed E-state index contributed by atoms with van der Waals surface area (Å²) < 4.78 is 10.6. The van der Waals surface area contributed by atoms with E-state index in [9.17, 15) is 4.79 Å². The smallest absolute Gasteiger partial charge is 0.410 e. The van der Waals surface area contributed by atoms with Crippen LogP contribution < -0.4 is 9.64 Å². The minimum atomic E-state index is -0.497. The van der Waals surface area contributed by atoms with Gasteiger partial charge in [0.1, 0.15) is 23.1 Å². The number of carbonyl (C=O) groups excluding carboxylic acids is 1. The molecule has 0 unspecified atom stereocenters. The Morgan fingerprint density at radius 3 is 2.75 bits per heavy atom. The predicted octanol–water partition coefficient (Wildman–Crippen LogP) is 2.41. The van der Waals surface area contributed by atoms with E-state index in [0.717, 1.165) is 6.42 Å². The summed E-state index contributed by atoms with van der Waals surface area (Å²) in [6.45, 7) is 6.80. The van der Waals surface area contributed by atoms with Gasteiger partial charge in [-0.3, -0.25) is 0 Å². The summed E-state index contributed by atoms with van der Waals surface area (Å²) in [5.74, 6) is 1.02. The first-order valence-electron chi connectivity index (χ1n) is 7.91. The van der Waals surface area contributed by atoms with Crippen molar-refractivity contribution in [3.05, 3.63) is 17.7 Å². The molecule has 130 valence electrons. The average Bonchev–Trinajstić information content (AvgIpc) is 3.02. The molecule has 1 aromatic rings. The Bertz CT molecular complexity index is 648. The Morgan fingerprint density at radius 1 is 1.46 bits per heavy atom. The minimum Gasteiger partial charge on any atom is -0.480 e. The van der Waals surface area contributed by atoms with Crippen LogP contribution in [0.15, 0.2) is 12.1 Å². The molecule has 0 radical (unpaired) electrons. The van der Waals surface area contributed by atoms with E-state index in [2.05, 4.69) is 11.1 Å². The fraction of sp³-hybridized carbons (Fsp3) is 0.588. The molecule has 1 atom stereocenters. The number of aromatic nitrogens is 1. The molecule has 7 heteroatoms. The number of pyridine rings is 1. The summed E-state index contributed by atoms with van der Waals surface area (Å²) in [4.78, 5) is 20.3. The third kappa shape index (κ3) is 4.07. The highest BCUT2D eigenvalue weighted by atomic mass is 16.6. The van der Waals surface area contributed by atoms with Crippen molar-refractivity contribution in [3.63, 3.8) is 0 Å². The lowest BCUT2D eigenvalue weighted by Gasteiger charge is -2.27. The highest BCUT2D eigenvalue weighted by Crippen LogP contribution is 2.25. The van der Waals surface area contributed by atoms with E-state index in [4.69, 9.17) is 14.7 Å². The zero-order valence-corrected chi connectivity index (χ0v) is 14.9. The summed E-state index contributed by atoms with van der Waals surface area (Å²) in [7, 11) is 3.42. The number of anilines is 1. The minimum absolute atomic E-state index is 0.141. The Kier molecular flexibility index (Phi) is 5.17. The maximum Gasteiger partial charge on any atom is 0.410 e. The summed E-state index contributed by atoms with van der Waals surface area (Å²) in [6.07, 6.45) is 0.545. The van der Waals surface area contributed by atoms with Crippen molar-refractivity contribution in [3.8, 4) is 11.9 Å². The maximum atomic E-state index is 12.2. The van der Waals surface area contributed by atoms with Crippen LogP contribution in [-0.4, -0.2) is 54.9 Å². The van der Waals surface area contributed by atoms with Gasteiger partial charge in [0, 0.05) is 26.2 Å². The number of nitrogens with zero attached hydrogens (tertiary/aromatic N) is 4. The van der Waals surface area contributed by atoms with Gasteiger partial charge < -0.3 is 19.3 Å². The van der Waals surface area contributed by atoms with Crippen molar-refractivity contribution in [1.29, 1.82) is 5.26 Å². The Labute approximate surface area is 142 Å². The largest absolute Gasteiger partial charge is 0.480 e. The van der Waals surface area contributed by atoms with E-state index >= 15 is 0 Å². The number of hydrogen-bond donors (Lipinski definition) is 0. The van der Waals surface area contributed by atoms with E-state index < -0.39 is 5.60 Å². The van der Waals surface area contributed by atoms with Gasteiger partial charge in [-0.05, 0) is 39.3 Å². The van der Waals surface area contributed by atoms with Gasteiger partial charge in [-0.15, -0.1) is 0 Å². The van der Waals surface area contributed by atoms with Crippen molar-refractivity contribution in [1.82, 2.24) is 9.88 Å². The van der Waals surface area contributed by atoms with Crippen molar-refractivity contribution in [2.75, 3.05) is 32.1 Å². The third-order valence-electron chi connectivity index (χ3n) is 3.88. The normalized spacial score (nSPS) is 17.3. The fourth-order valence-corrected chi connectivity index (χ4v) is 2.61. The van der Waals surface area contributed by atoms with E-state index in [0.29, 0.717) is 30.4 Å². The maximum absolute atomic E-state index is 12.2. The molecule has 1 aliphatic rings. The van der Waals surface area contributed by atoms with Crippen LogP contribution in [0.1, 0.15) is 32.8 Å². The Morgan fingerprint density at radius 2 is 2.17 bits per heavy atom. The number of likely N-dealkylation sites (tertiary alicyclic amines) is 1. The SMILES string of the molecule is COc1nc(N(C)[C@@H]2CCN(C(=O)OC(C)(C)C)C2)ccc1C#N. The summed E-state index contributed by atoms with van der Waals surface area (Å²) in [6, 6.07) is 5.67. The highest BCUT2D eigenvalue weighted by Gasteiger charge is 2.32. The van der Waals surface area contributed by atoms with E-state index in [1.54, 1.807) is 17.0 Å². The summed E-state index contributed by atoms with van der Waals surface area (Å²) in [5, 5.41) is 9.04. The van der Waals surface area contributed by atoms with Crippen LogP contribution >= 0.6 is 0 Å². The van der Waals surface area contributed by atoms with Crippen LogP contribution in [-0.2, 0) is 4.74 Å². The van der Waals surface area contributed by atoms with Crippen molar-refractivity contribution < 1.29 is 14.3 Å². The molecule has 1 aromatic heterocycles. The lowest BCUT2D eigenvalue weighted by Crippen LogP contribution is -2.39. The van der Waals surface area contributed by atoms with Crippen LogP contribution in [0, 0.1) is 11.3 Å². The van der Waals surface area contributed by atoms with Gasteiger partial charge >= 0.3 is 6.09 Å². The van der Waals surface area contributed by atoms with Crippen LogP contribution in [0.4, 0.5) is 10.6 Å². The quantitative estimate of drug-likeness (QED) is 0.846. The highest BCUT2D eigenvalue weighted by molar-refractivity contribution is 5.68. The molecule has 0 spiro atoms. The van der Waals surface area contributed by atoms with E-state index in [1.807, 2.05) is 32.7 Å². The molecule has 2 rings (SSSR count). The van der Waals surface area contributed by atoms with Gasteiger partial charge in [0.05, 0.1) is 7.11 Å². The monoisotopic (exact) mass is 332 g/mol. The molecule has 2 heterocycles. The summed E-state index contributed by atoms with van der Waals surface area (Å²) >= 11 is 0. The van der Waals surface area contributed by atoms with E-state index in [1.165, 1.54) is 7.11 Å². The number of hydrogen-bond acceptors (Lipinski definition) is 6. The molecule has 1 amide bonds. The molecule has 1 saturated heterocycles. The number of rotatable bonds is 3. The molecule has 0 N–H and O–H groups in total. The molecule has 24 heavy (non-hydrogen) atoms. The zero-order valence-electron chi connectivity index (χ0n) is 14.9. The molecule has 7 nitrogen and oxygen atoms in total. The Balaban J connectivity index is 2.06. The first-order valence-corrected chi connectivity index (χ1v) is 7.91. The lowest BCUT2D eigenvalue weighted by atomic mass is 10.2. The second-order valence-corrected chi connectivity index (χ2v) is 6.82. The van der Waals surface area contributed by atoms with Gasteiger partial charge in [-0.1, -0.05) is 0 Å². The molecule has 0 aliphatic carbocycles. The van der Waals surface area contributed by atoms with Gasteiger partial charge in [-0.25, -0.2) is 4.79 Å². The molecule has 0 saturated carbocycles. The van der Waals surface area contributed by atoms with Crippen LogP contribution in [0.3, 0.4) is 0 Å². The molecule has 1 aliphatic heterocycles. The standard InChI is InChI=1S/C17H24N4O3/c1-17(2,3)24-16(22)21-9-8-13(11-21)20(4)14-7-6-12(10-18)15(19-14)23-5/h6-7,13H,8-9,11H2,1-5H3/t13-/m1/s1. The average molecular weight is 332 g/mol.